The highest BCUT2D eigenvalue weighted by molar-refractivity contribution is 9.10. The molecule has 3 nitrogen and oxygen atoms in total. The minimum Gasteiger partial charge on any atom is -0.363 e. The van der Waals surface area contributed by atoms with Gasteiger partial charge in [0.15, 0.2) is 5.72 Å². The van der Waals surface area contributed by atoms with Gasteiger partial charge in [0, 0.05) is 31.3 Å². The summed E-state index contributed by atoms with van der Waals surface area (Å²) >= 11 is 11.3. The van der Waals surface area contributed by atoms with Crippen LogP contribution in [-0.2, 0) is 12.1 Å². The van der Waals surface area contributed by atoms with Crippen molar-refractivity contribution >= 4 is 45.2 Å². The van der Waals surface area contributed by atoms with Crippen LogP contribution in [-0.4, -0.2) is 16.8 Å². The molecule has 0 aliphatic carbocycles. The molecule has 2 heterocycles. The maximum Gasteiger partial charge on any atom is 0.254 e. The van der Waals surface area contributed by atoms with Crippen LogP contribution in [0.1, 0.15) is 27.0 Å². The number of rotatable bonds is 1. The molecule has 2 aliphatic heterocycles. The van der Waals surface area contributed by atoms with Gasteiger partial charge in [-0.05, 0) is 36.2 Å². The first-order valence-corrected chi connectivity index (χ1v) is 9.06. The van der Waals surface area contributed by atoms with Gasteiger partial charge in [0.1, 0.15) is 5.82 Å². The molecule has 118 valence electrons. The molecule has 7 heteroatoms. The summed E-state index contributed by atoms with van der Waals surface area (Å²) in [6, 6.07) is 5.61. The van der Waals surface area contributed by atoms with Crippen molar-refractivity contribution in [1.82, 2.24) is 5.32 Å². The third kappa shape index (κ3) is 2.16. The second-order valence-corrected chi connectivity index (χ2v) is 7.87. The summed E-state index contributed by atoms with van der Waals surface area (Å²) in [4.78, 5) is 13.6. The zero-order chi connectivity index (χ0) is 16.4. The number of carbonyl (C=O) groups excluding carboxylic acids is 1. The quantitative estimate of drug-likeness (QED) is 0.746. The SMILES string of the molecule is O=C1NC(O)(c2cc(F)ccc2Cl)c2c(Br)cc3c(c21)CCS3. The van der Waals surface area contributed by atoms with E-state index >= 15 is 0 Å². The number of benzene rings is 2. The molecule has 2 aromatic rings. The standard InChI is InChI=1S/C16H10BrClFNO2S/c17-10-6-12-8(3-4-23-12)13-14(10)16(22,20-15(13)21)9-5-7(19)1-2-11(9)18/h1-2,5-6,22H,3-4H2,(H,20,21). The Labute approximate surface area is 149 Å². The van der Waals surface area contributed by atoms with E-state index in [9.17, 15) is 14.3 Å². The molecule has 0 aromatic heterocycles. The zero-order valence-electron chi connectivity index (χ0n) is 11.6. The van der Waals surface area contributed by atoms with E-state index in [2.05, 4.69) is 21.2 Å². The second kappa shape index (κ2) is 5.21. The van der Waals surface area contributed by atoms with Crippen LogP contribution < -0.4 is 5.32 Å². The summed E-state index contributed by atoms with van der Waals surface area (Å²) < 4.78 is 14.3. The van der Waals surface area contributed by atoms with E-state index in [1.807, 2.05) is 6.07 Å². The van der Waals surface area contributed by atoms with Crippen LogP contribution in [0.4, 0.5) is 4.39 Å². The van der Waals surface area contributed by atoms with Gasteiger partial charge in [-0.25, -0.2) is 4.39 Å². The Morgan fingerprint density at radius 2 is 2.17 bits per heavy atom. The highest BCUT2D eigenvalue weighted by Crippen LogP contribution is 2.47. The molecule has 1 atom stereocenters. The Morgan fingerprint density at radius 3 is 2.96 bits per heavy atom. The van der Waals surface area contributed by atoms with Crippen molar-refractivity contribution in [3.8, 4) is 0 Å². The van der Waals surface area contributed by atoms with E-state index in [0.717, 1.165) is 28.7 Å². The Kier molecular flexibility index (Phi) is 3.50. The maximum atomic E-state index is 13.7. The molecule has 2 aromatic carbocycles. The van der Waals surface area contributed by atoms with E-state index in [-0.39, 0.29) is 16.5 Å². The minimum atomic E-state index is -1.85. The van der Waals surface area contributed by atoms with Crippen LogP contribution in [0.2, 0.25) is 5.02 Å². The first-order chi connectivity index (χ1) is 10.9. The van der Waals surface area contributed by atoms with Crippen molar-refractivity contribution in [2.24, 2.45) is 0 Å². The topological polar surface area (TPSA) is 49.3 Å². The Bertz CT molecular complexity index is 876. The van der Waals surface area contributed by atoms with Gasteiger partial charge >= 0.3 is 0 Å². The first kappa shape index (κ1) is 15.4. The molecule has 1 unspecified atom stereocenters. The summed E-state index contributed by atoms with van der Waals surface area (Å²) in [6.07, 6.45) is 0.760. The lowest BCUT2D eigenvalue weighted by atomic mass is 9.91. The monoisotopic (exact) mass is 413 g/mol. The molecule has 0 saturated carbocycles. The maximum absolute atomic E-state index is 13.7. The molecule has 0 saturated heterocycles. The van der Waals surface area contributed by atoms with Crippen molar-refractivity contribution in [2.45, 2.75) is 17.0 Å². The second-order valence-electron chi connectivity index (χ2n) is 5.47. The van der Waals surface area contributed by atoms with Crippen LogP contribution in [0.15, 0.2) is 33.6 Å². The number of nitrogens with one attached hydrogen (secondary N) is 1. The molecule has 0 bridgehead atoms. The number of hydrogen-bond donors (Lipinski definition) is 2. The normalized spacial score (nSPS) is 22.0. The number of halogens is 3. The summed E-state index contributed by atoms with van der Waals surface area (Å²) in [6.45, 7) is 0. The van der Waals surface area contributed by atoms with Crippen LogP contribution in [0.3, 0.4) is 0 Å². The van der Waals surface area contributed by atoms with Gasteiger partial charge in [-0.15, -0.1) is 11.8 Å². The van der Waals surface area contributed by atoms with E-state index in [0.29, 0.717) is 15.6 Å². The molecular formula is C16H10BrClFNO2S. The predicted molar refractivity (Wildman–Crippen MR) is 90.4 cm³/mol. The fraction of sp³-hybridized carbons (Fsp3) is 0.188. The van der Waals surface area contributed by atoms with Gasteiger partial charge in [0.2, 0.25) is 0 Å². The number of amides is 1. The van der Waals surface area contributed by atoms with Gasteiger partial charge in [-0.2, -0.15) is 0 Å². The van der Waals surface area contributed by atoms with Crippen molar-refractivity contribution < 1.29 is 14.3 Å². The zero-order valence-corrected chi connectivity index (χ0v) is 14.8. The minimum absolute atomic E-state index is 0.123. The van der Waals surface area contributed by atoms with Crippen LogP contribution in [0, 0.1) is 5.82 Å². The van der Waals surface area contributed by atoms with E-state index < -0.39 is 11.5 Å². The largest absolute Gasteiger partial charge is 0.363 e. The number of thioether (sulfide) groups is 1. The molecule has 2 N–H and O–H groups in total. The van der Waals surface area contributed by atoms with E-state index in [4.69, 9.17) is 11.6 Å². The van der Waals surface area contributed by atoms with Crippen LogP contribution in [0.25, 0.3) is 0 Å². The molecule has 4 rings (SSSR count). The number of aliphatic hydroxyl groups is 1. The van der Waals surface area contributed by atoms with Gasteiger partial charge in [0.25, 0.3) is 5.91 Å². The fourth-order valence-corrected chi connectivity index (χ4v) is 5.40. The van der Waals surface area contributed by atoms with Crippen molar-refractivity contribution in [3.63, 3.8) is 0 Å². The summed E-state index contributed by atoms with van der Waals surface area (Å²) in [5, 5.41) is 13.9. The molecule has 1 amide bonds. The predicted octanol–water partition coefficient (Wildman–Crippen LogP) is 3.83. The number of fused-ring (bicyclic) bond motifs is 3. The summed E-state index contributed by atoms with van der Waals surface area (Å²) in [7, 11) is 0. The lowest BCUT2D eigenvalue weighted by molar-refractivity contribution is 0.0470. The van der Waals surface area contributed by atoms with Crippen molar-refractivity contribution in [1.29, 1.82) is 0 Å². The Balaban J connectivity index is 2.02. The molecule has 0 spiro atoms. The third-order valence-electron chi connectivity index (χ3n) is 4.16. The van der Waals surface area contributed by atoms with Crippen molar-refractivity contribution in [2.75, 3.05) is 5.75 Å². The Hall–Kier alpha value is -1.08. The summed E-state index contributed by atoms with van der Waals surface area (Å²) in [5.41, 5.74) is 0.0531. The van der Waals surface area contributed by atoms with Gasteiger partial charge in [-0.1, -0.05) is 27.5 Å². The van der Waals surface area contributed by atoms with Gasteiger partial charge in [-0.3, -0.25) is 4.79 Å². The fourth-order valence-electron chi connectivity index (χ4n) is 3.18. The first-order valence-electron chi connectivity index (χ1n) is 6.91. The van der Waals surface area contributed by atoms with Gasteiger partial charge < -0.3 is 10.4 Å². The molecule has 0 radical (unpaired) electrons. The van der Waals surface area contributed by atoms with Crippen LogP contribution >= 0.6 is 39.3 Å². The third-order valence-corrected chi connectivity index (χ3v) is 6.20. The van der Waals surface area contributed by atoms with Crippen molar-refractivity contribution in [3.05, 3.63) is 61.8 Å². The molecule has 2 aliphatic rings. The number of carbonyl (C=O) groups is 1. The lowest BCUT2D eigenvalue weighted by Gasteiger charge is -2.26. The highest BCUT2D eigenvalue weighted by atomic mass is 79.9. The molecular weight excluding hydrogens is 405 g/mol. The van der Waals surface area contributed by atoms with E-state index in [1.54, 1.807) is 11.8 Å². The molecule has 0 fully saturated rings. The Morgan fingerprint density at radius 1 is 1.39 bits per heavy atom. The lowest BCUT2D eigenvalue weighted by Crippen LogP contribution is -2.40. The highest BCUT2D eigenvalue weighted by Gasteiger charge is 2.47. The van der Waals surface area contributed by atoms with Crippen LogP contribution in [0.5, 0.6) is 0 Å². The molecule has 23 heavy (non-hydrogen) atoms. The number of hydrogen-bond acceptors (Lipinski definition) is 3. The average molecular weight is 415 g/mol. The summed E-state index contributed by atoms with van der Waals surface area (Å²) in [5.74, 6) is -0.0128. The smallest absolute Gasteiger partial charge is 0.254 e. The van der Waals surface area contributed by atoms with E-state index in [1.165, 1.54) is 12.1 Å². The van der Waals surface area contributed by atoms with Gasteiger partial charge in [0.05, 0.1) is 5.56 Å². The average Bonchev–Trinajstić information content (AvgIpc) is 3.05.